The molecule has 0 N–H and O–H groups in total. The molecular formula is CHClHg2O6P2. The summed E-state index contributed by atoms with van der Waals surface area (Å²) >= 11 is 4.46. The van der Waals surface area contributed by atoms with Gasteiger partial charge in [-0.1, -0.05) is 0 Å². The maximum Gasteiger partial charge on any atom is 2.00 e. The molecule has 0 aliphatic rings. The van der Waals surface area contributed by atoms with Gasteiger partial charge in [0.05, 0.1) is 4.86 Å². The summed E-state index contributed by atoms with van der Waals surface area (Å²) in [7, 11) is -11.0. The Morgan fingerprint density at radius 1 is 0.917 bits per heavy atom. The SMILES string of the molecule is O=P([O-])([O-])C(Cl)P(=O)([O-])[O-].[Hg+2].[Hg+2]. The fourth-order valence-corrected chi connectivity index (χ4v) is 1.56. The zero-order valence-corrected chi connectivity index (χ0v) is 19.3. The molecule has 12 heavy (non-hydrogen) atoms. The molecular weight excluding hydrogens is 607 g/mol. The minimum atomic E-state index is -5.50. The Morgan fingerprint density at radius 3 is 1.08 bits per heavy atom. The van der Waals surface area contributed by atoms with Gasteiger partial charge in [0.2, 0.25) is 0 Å². The average Bonchev–Trinajstić information content (AvgIpc) is 1.59. The van der Waals surface area contributed by atoms with Gasteiger partial charge in [0, 0.05) is 0 Å². The van der Waals surface area contributed by atoms with Crippen molar-refractivity contribution in [1.29, 1.82) is 0 Å². The van der Waals surface area contributed by atoms with Crippen molar-refractivity contribution in [2.24, 2.45) is 0 Å². The van der Waals surface area contributed by atoms with Crippen LogP contribution in [-0.4, -0.2) is 4.86 Å². The first-order chi connectivity index (χ1) is 4.15. The van der Waals surface area contributed by atoms with E-state index in [1.54, 1.807) is 0 Å². The molecule has 0 amide bonds. The van der Waals surface area contributed by atoms with Crippen LogP contribution in [0.2, 0.25) is 0 Å². The van der Waals surface area contributed by atoms with Crippen LogP contribution in [0.4, 0.5) is 0 Å². The van der Waals surface area contributed by atoms with E-state index in [1.165, 1.54) is 0 Å². The second kappa shape index (κ2) is 6.85. The third-order valence-corrected chi connectivity index (χ3v) is 4.70. The van der Waals surface area contributed by atoms with Crippen LogP contribution < -0.4 is 19.6 Å². The first-order valence-electron chi connectivity index (χ1n) is 1.83. The minimum absolute atomic E-state index is 0. The van der Waals surface area contributed by atoms with Gasteiger partial charge in [0.15, 0.2) is 0 Å². The quantitative estimate of drug-likeness (QED) is 0.192. The molecule has 0 bridgehead atoms. The molecule has 0 aliphatic carbocycles. The maximum absolute atomic E-state index is 9.75. The van der Waals surface area contributed by atoms with Crippen molar-refractivity contribution in [3.05, 3.63) is 0 Å². The molecule has 0 aromatic rings. The number of alkyl halides is 1. The molecule has 6 nitrogen and oxygen atoms in total. The van der Waals surface area contributed by atoms with E-state index >= 15 is 0 Å². The summed E-state index contributed by atoms with van der Waals surface area (Å²) in [6.07, 6.45) is 0. The van der Waals surface area contributed by atoms with Crippen molar-refractivity contribution >= 4 is 26.8 Å². The first-order valence-corrected chi connectivity index (χ1v) is 5.49. The monoisotopic (exact) mass is 610 g/mol. The van der Waals surface area contributed by atoms with Gasteiger partial charge in [-0.15, -0.1) is 11.6 Å². The minimum Gasteiger partial charge on any atom is -0.809 e. The fourth-order valence-electron chi connectivity index (χ4n) is 0.173. The summed E-state index contributed by atoms with van der Waals surface area (Å²) in [6.45, 7) is 0. The van der Waals surface area contributed by atoms with Crippen LogP contribution >= 0.6 is 26.8 Å². The normalized spacial score (nSPS) is 11.8. The summed E-state index contributed by atoms with van der Waals surface area (Å²) in [4.78, 5) is 36.1. The first kappa shape index (κ1) is 19.9. The van der Waals surface area contributed by atoms with Crippen LogP contribution in [-0.2, 0) is 64.5 Å². The molecule has 0 aliphatic heterocycles. The van der Waals surface area contributed by atoms with E-state index in [-0.39, 0.29) is 55.3 Å². The fraction of sp³-hybridized carbons (Fsp3) is 1.00. The van der Waals surface area contributed by atoms with Gasteiger partial charge in [-0.3, -0.25) is 0 Å². The van der Waals surface area contributed by atoms with E-state index in [4.69, 9.17) is 0 Å². The summed E-state index contributed by atoms with van der Waals surface area (Å²) < 4.78 is 19.5. The molecule has 0 saturated carbocycles. The van der Waals surface area contributed by atoms with Crippen LogP contribution in [0.25, 0.3) is 0 Å². The van der Waals surface area contributed by atoms with Gasteiger partial charge in [-0.2, -0.15) is 0 Å². The topological polar surface area (TPSA) is 126 Å². The molecule has 0 saturated heterocycles. The number of hydrogen-bond donors (Lipinski definition) is 0. The molecule has 62 valence electrons. The van der Waals surface area contributed by atoms with Crippen molar-refractivity contribution < 1.29 is 84.0 Å². The van der Waals surface area contributed by atoms with Gasteiger partial charge >= 0.3 is 55.3 Å². The van der Waals surface area contributed by atoms with E-state index in [0.29, 0.717) is 0 Å². The van der Waals surface area contributed by atoms with Crippen LogP contribution in [0.1, 0.15) is 0 Å². The van der Waals surface area contributed by atoms with Gasteiger partial charge < -0.3 is 28.7 Å². The Balaban J connectivity index is -0.000000405. The summed E-state index contributed by atoms with van der Waals surface area (Å²) in [5.41, 5.74) is 0. The molecule has 0 spiro atoms. The Morgan fingerprint density at radius 2 is 1.08 bits per heavy atom. The van der Waals surface area contributed by atoms with Crippen molar-refractivity contribution in [2.45, 2.75) is 4.86 Å². The third-order valence-electron chi connectivity index (χ3n) is 0.522. The van der Waals surface area contributed by atoms with Crippen LogP contribution in [0, 0.1) is 0 Å². The molecule has 0 rings (SSSR count). The Hall–Kier alpha value is 2.46. The number of halogens is 1. The molecule has 11 heteroatoms. The van der Waals surface area contributed by atoms with Crippen LogP contribution in [0.15, 0.2) is 0 Å². The molecule has 0 aromatic carbocycles. The molecule has 0 radical (unpaired) electrons. The van der Waals surface area contributed by atoms with Gasteiger partial charge in [0.25, 0.3) is 0 Å². The van der Waals surface area contributed by atoms with Crippen LogP contribution in [0.5, 0.6) is 0 Å². The van der Waals surface area contributed by atoms with E-state index in [1.807, 2.05) is 0 Å². The van der Waals surface area contributed by atoms with Crippen molar-refractivity contribution in [2.75, 3.05) is 0 Å². The number of rotatable bonds is 2. The smallest absolute Gasteiger partial charge is 0.809 e. The van der Waals surface area contributed by atoms with Crippen LogP contribution in [0.3, 0.4) is 0 Å². The largest absolute Gasteiger partial charge is 2.00 e. The standard InChI is InChI=1S/CH5ClO6P2.2Hg/c2-1(9(3,4)5)10(6,7)8;;/h1H,(H2,3,4,5)(H2,6,7,8);;/q;2*+2/p-4. The maximum atomic E-state index is 9.75. The van der Waals surface area contributed by atoms with Crippen molar-refractivity contribution in [3.8, 4) is 0 Å². The van der Waals surface area contributed by atoms with E-state index in [9.17, 15) is 28.7 Å². The third kappa shape index (κ3) is 7.83. The second-order valence-electron chi connectivity index (χ2n) is 1.39. The van der Waals surface area contributed by atoms with Crippen molar-refractivity contribution in [1.82, 2.24) is 0 Å². The predicted octanol–water partition coefficient (Wildman–Crippen LogP) is -2.67. The van der Waals surface area contributed by atoms with E-state index in [0.717, 1.165) is 0 Å². The number of hydrogen-bond acceptors (Lipinski definition) is 6. The molecule has 0 aromatic heterocycles. The zero-order valence-electron chi connectivity index (χ0n) is 5.71. The van der Waals surface area contributed by atoms with E-state index < -0.39 is 20.1 Å². The van der Waals surface area contributed by atoms with E-state index in [2.05, 4.69) is 11.6 Å². The summed E-state index contributed by atoms with van der Waals surface area (Å²) in [5, 5.41) is 0. The molecule has 0 fully saturated rings. The van der Waals surface area contributed by atoms with Gasteiger partial charge in [-0.05, 0) is 15.2 Å². The predicted molar refractivity (Wildman–Crippen MR) is 24.9 cm³/mol. The molecule has 0 atom stereocenters. The summed E-state index contributed by atoms with van der Waals surface area (Å²) in [5.74, 6) is 0. The van der Waals surface area contributed by atoms with Crippen molar-refractivity contribution in [3.63, 3.8) is 0 Å². The zero-order chi connectivity index (χ0) is 8.58. The Bertz CT molecular complexity index is 186. The summed E-state index contributed by atoms with van der Waals surface area (Å²) in [6, 6.07) is 0. The van der Waals surface area contributed by atoms with Gasteiger partial charge in [0.1, 0.15) is 0 Å². The molecule has 0 unspecified atom stereocenters. The molecule has 0 heterocycles. The Kier molecular flexibility index (Phi) is 11.4. The Labute approximate surface area is 114 Å². The van der Waals surface area contributed by atoms with Gasteiger partial charge in [-0.25, -0.2) is 0 Å². The average molecular weight is 608 g/mol. The second-order valence-corrected chi connectivity index (χ2v) is 6.03.